The second kappa shape index (κ2) is 5.68. The molecule has 0 radical (unpaired) electrons. The van der Waals surface area contributed by atoms with Gasteiger partial charge < -0.3 is 10.4 Å². The van der Waals surface area contributed by atoms with Crippen LogP contribution in [-0.2, 0) is 0 Å². The van der Waals surface area contributed by atoms with Crippen molar-refractivity contribution < 1.29 is 14.8 Å². The van der Waals surface area contributed by atoms with Gasteiger partial charge in [0.2, 0.25) is 0 Å². The molecule has 1 atom stereocenters. The maximum absolute atomic E-state index is 11.0. The van der Waals surface area contributed by atoms with Crippen molar-refractivity contribution in [1.29, 1.82) is 0 Å². The first-order valence-corrected chi connectivity index (χ1v) is 5.17. The molecule has 2 N–H and O–H groups in total. The Kier molecular flexibility index (Phi) is 4.27. The minimum absolute atomic E-state index is 0.116. The maximum atomic E-state index is 11.0. The van der Waals surface area contributed by atoms with Crippen molar-refractivity contribution in [2.45, 2.75) is 19.4 Å². The molecule has 18 heavy (non-hydrogen) atoms. The van der Waals surface area contributed by atoms with Gasteiger partial charge in [-0.3, -0.25) is 10.1 Å². The zero-order chi connectivity index (χ0) is 13.7. The van der Waals surface area contributed by atoms with Crippen LogP contribution in [0.3, 0.4) is 0 Å². The van der Waals surface area contributed by atoms with Gasteiger partial charge in [-0.2, -0.15) is 0 Å². The number of nitrogens with one attached hydrogen (secondary N) is 1. The van der Waals surface area contributed by atoms with Gasteiger partial charge in [0, 0.05) is 30.3 Å². The van der Waals surface area contributed by atoms with Crippen LogP contribution in [0.25, 0.3) is 0 Å². The van der Waals surface area contributed by atoms with Crippen molar-refractivity contribution in [2.75, 3.05) is 5.32 Å². The van der Waals surface area contributed by atoms with E-state index in [1.54, 1.807) is 6.92 Å². The standard InChI is InChI=1S/C12H12N2O4/c1-3-4-8(2)13-11-6-5-9(14(17)18)7-10(11)12(15)16/h1,5-8,13H,4H2,2H3,(H,15,16). The van der Waals surface area contributed by atoms with Crippen molar-refractivity contribution in [1.82, 2.24) is 0 Å². The molecule has 1 rings (SSSR count). The molecule has 0 amide bonds. The van der Waals surface area contributed by atoms with E-state index < -0.39 is 10.9 Å². The van der Waals surface area contributed by atoms with Gasteiger partial charge in [0.05, 0.1) is 10.5 Å². The van der Waals surface area contributed by atoms with E-state index in [4.69, 9.17) is 11.5 Å². The van der Waals surface area contributed by atoms with Gasteiger partial charge in [0.25, 0.3) is 5.69 Å². The van der Waals surface area contributed by atoms with E-state index in [-0.39, 0.29) is 17.3 Å². The molecule has 0 aliphatic heterocycles. The SMILES string of the molecule is C#CCC(C)Nc1ccc([N+](=O)[O-])cc1C(=O)O. The van der Waals surface area contributed by atoms with Gasteiger partial charge in [0.1, 0.15) is 0 Å². The van der Waals surface area contributed by atoms with Crippen LogP contribution < -0.4 is 5.32 Å². The summed E-state index contributed by atoms with van der Waals surface area (Å²) in [5.74, 6) is 1.22. The van der Waals surface area contributed by atoms with E-state index in [1.165, 1.54) is 12.1 Å². The molecule has 0 aliphatic carbocycles. The van der Waals surface area contributed by atoms with Crippen LogP contribution in [0.15, 0.2) is 18.2 Å². The molecule has 0 bridgehead atoms. The zero-order valence-electron chi connectivity index (χ0n) is 9.71. The topological polar surface area (TPSA) is 92.5 Å². The van der Waals surface area contributed by atoms with Crippen molar-refractivity contribution in [2.24, 2.45) is 0 Å². The van der Waals surface area contributed by atoms with E-state index in [2.05, 4.69) is 11.2 Å². The summed E-state index contributed by atoms with van der Waals surface area (Å²) in [6, 6.07) is 3.52. The predicted octanol–water partition coefficient (Wildman–Crippen LogP) is 2.12. The summed E-state index contributed by atoms with van der Waals surface area (Å²) in [4.78, 5) is 21.0. The number of benzene rings is 1. The van der Waals surface area contributed by atoms with E-state index in [1.807, 2.05) is 0 Å². The van der Waals surface area contributed by atoms with Gasteiger partial charge in [-0.15, -0.1) is 12.3 Å². The predicted molar refractivity (Wildman–Crippen MR) is 66.6 cm³/mol. The Bertz CT molecular complexity index is 519. The largest absolute Gasteiger partial charge is 0.478 e. The highest BCUT2D eigenvalue weighted by atomic mass is 16.6. The van der Waals surface area contributed by atoms with Crippen molar-refractivity contribution >= 4 is 17.3 Å². The number of nitrogens with zero attached hydrogens (tertiary/aromatic N) is 1. The summed E-state index contributed by atoms with van der Waals surface area (Å²) < 4.78 is 0. The van der Waals surface area contributed by atoms with Gasteiger partial charge in [-0.1, -0.05) is 0 Å². The molecule has 1 aromatic carbocycles. The summed E-state index contributed by atoms with van der Waals surface area (Å²) in [5.41, 5.74) is -0.0912. The quantitative estimate of drug-likeness (QED) is 0.473. The Balaban J connectivity index is 3.08. The number of carboxylic acids is 1. The third-order valence-electron chi connectivity index (χ3n) is 2.27. The van der Waals surface area contributed by atoms with Crippen LogP contribution in [-0.4, -0.2) is 22.0 Å². The summed E-state index contributed by atoms with van der Waals surface area (Å²) >= 11 is 0. The molecule has 0 heterocycles. The molecular formula is C12H12N2O4. The smallest absolute Gasteiger partial charge is 0.338 e. The third-order valence-corrected chi connectivity index (χ3v) is 2.27. The maximum Gasteiger partial charge on any atom is 0.338 e. The second-order valence-electron chi connectivity index (χ2n) is 3.75. The fourth-order valence-corrected chi connectivity index (χ4v) is 1.44. The molecule has 6 heteroatoms. The zero-order valence-corrected chi connectivity index (χ0v) is 9.71. The number of nitro groups is 1. The van der Waals surface area contributed by atoms with Crippen LogP contribution in [0.2, 0.25) is 0 Å². The first kappa shape index (κ1) is 13.5. The molecule has 0 fully saturated rings. The van der Waals surface area contributed by atoms with Crippen LogP contribution >= 0.6 is 0 Å². The Labute approximate surface area is 104 Å². The molecule has 0 saturated carbocycles. The number of nitro benzene ring substituents is 1. The number of hydrogen-bond acceptors (Lipinski definition) is 4. The molecule has 94 valence electrons. The Morgan fingerprint density at radius 2 is 2.33 bits per heavy atom. The highest BCUT2D eigenvalue weighted by molar-refractivity contribution is 5.95. The lowest BCUT2D eigenvalue weighted by molar-refractivity contribution is -0.384. The number of terminal acetylenes is 1. The minimum atomic E-state index is -1.23. The normalized spacial score (nSPS) is 11.3. The lowest BCUT2D eigenvalue weighted by Gasteiger charge is -2.14. The molecule has 1 aromatic rings. The highest BCUT2D eigenvalue weighted by Gasteiger charge is 2.16. The fourth-order valence-electron chi connectivity index (χ4n) is 1.44. The van der Waals surface area contributed by atoms with Gasteiger partial charge in [0.15, 0.2) is 0 Å². The number of non-ortho nitro benzene ring substituents is 1. The lowest BCUT2D eigenvalue weighted by atomic mass is 10.1. The third kappa shape index (κ3) is 3.22. The Hall–Kier alpha value is -2.55. The highest BCUT2D eigenvalue weighted by Crippen LogP contribution is 2.23. The summed E-state index contributed by atoms with van der Waals surface area (Å²) in [7, 11) is 0. The molecule has 0 saturated heterocycles. The van der Waals surface area contributed by atoms with Crippen LogP contribution in [0, 0.1) is 22.5 Å². The summed E-state index contributed by atoms with van der Waals surface area (Å²) in [6.07, 6.45) is 5.58. The van der Waals surface area contributed by atoms with Crippen LogP contribution in [0.1, 0.15) is 23.7 Å². The number of rotatable bonds is 5. The average Bonchev–Trinajstić information content (AvgIpc) is 2.29. The number of anilines is 1. The van der Waals surface area contributed by atoms with Gasteiger partial charge in [-0.05, 0) is 13.0 Å². The summed E-state index contributed by atoms with van der Waals surface area (Å²) in [6.45, 7) is 1.80. The molecule has 0 aliphatic rings. The van der Waals surface area contributed by atoms with Crippen molar-refractivity contribution in [3.8, 4) is 12.3 Å². The Morgan fingerprint density at radius 1 is 1.67 bits per heavy atom. The van der Waals surface area contributed by atoms with Crippen LogP contribution in [0.5, 0.6) is 0 Å². The lowest BCUT2D eigenvalue weighted by Crippen LogP contribution is -2.16. The fraction of sp³-hybridized carbons (Fsp3) is 0.250. The first-order chi connectivity index (χ1) is 8.45. The first-order valence-electron chi connectivity index (χ1n) is 5.17. The molecule has 0 aromatic heterocycles. The van der Waals surface area contributed by atoms with Crippen LogP contribution in [0.4, 0.5) is 11.4 Å². The number of aromatic carboxylic acids is 1. The van der Waals surface area contributed by atoms with Crippen molar-refractivity contribution in [3.05, 3.63) is 33.9 Å². The minimum Gasteiger partial charge on any atom is -0.478 e. The van der Waals surface area contributed by atoms with Gasteiger partial charge >= 0.3 is 5.97 Å². The van der Waals surface area contributed by atoms with Crippen molar-refractivity contribution in [3.63, 3.8) is 0 Å². The second-order valence-corrected chi connectivity index (χ2v) is 3.75. The average molecular weight is 248 g/mol. The molecule has 0 spiro atoms. The number of carboxylic acid groups (broad SMARTS) is 1. The Morgan fingerprint density at radius 3 is 2.83 bits per heavy atom. The molecule has 1 unspecified atom stereocenters. The van der Waals surface area contributed by atoms with E-state index in [0.717, 1.165) is 6.07 Å². The number of carbonyl (C=O) groups is 1. The number of hydrogen-bond donors (Lipinski definition) is 2. The van der Waals surface area contributed by atoms with Gasteiger partial charge in [-0.25, -0.2) is 4.79 Å². The van der Waals surface area contributed by atoms with E-state index in [9.17, 15) is 14.9 Å². The van der Waals surface area contributed by atoms with E-state index >= 15 is 0 Å². The van der Waals surface area contributed by atoms with E-state index in [0.29, 0.717) is 12.1 Å². The summed E-state index contributed by atoms with van der Waals surface area (Å²) in [5, 5.41) is 22.5. The molecular weight excluding hydrogens is 236 g/mol. The monoisotopic (exact) mass is 248 g/mol. The molecule has 6 nitrogen and oxygen atoms in total.